The molecule has 122 valence electrons. The fourth-order valence-electron chi connectivity index (χ4n) is 1.91. The summed E-state index contributed by atoms with van der Waals surface area (Å²) in [5, 5.41) is 12.5. The molecule has 0 fully saturated rings. The topological polar surface area (TPSA) is 75.1 Å². The highest BCUT2D eigenvalue weighted by Crippen LogP contribution is 2.21. The molecule has 0 unspecified atom stereocenters. The van der Waals surface area contributed by atoms with Crippen LogP contribution in [-0.4, -0.2) is 10.8 Å². The van der Waals surface area contributed by atoms with Crippen molar-refractivity contribution in [3.05, 3.63) is 53.0 Å². The molecule has 0 aliphatic carbocycles. The molecule has 0 radical (unpaired) electrons. The Morgan fingerprint density at radius 2 is 1.88 bits per heavy atom. The molecule has 1 heterocycles. The number of aromatic nitrogens is 1. The standard InChI is InChI=1S/C17H16BrN5O/c1-11(2)16(21-20-13-9-7-12(18)8-10-13)22-23-17-19-14-5-3-4-6-15(14)24-17/h3-11,20H,1-2H3/b21-16+,23-22?. The Bertz CT molecular complexity index is 850. The Balaban J connectivity index is 1.77. The van der Waals surface area contributed by atoms with E-state index in [0.29, 0.717) is 11.4 Å². The second-order valence-electron chi connectivity index (χ2n) is 5.41. The van der Waals surface area contributed by atoms with Crippen molar-refractivity contribution in [3.8, 4) is 0 Å². The lowest BCUT2D eigenvalue weighted by molar-refractivity contribution is 0.606. The number of hydrazone groups is 1. The van der Waals surface area contributed by atoms with Crippen molar-refractivity contribution >= 4 is 44.6 Å². The van der Waals surface area contributed by atoms with Gasteiger partial charge in [-0.15, -0.1) is 5.11 Å². The maximum Gasteiger partial charge on any atom is 0.342 e. The summed E-state index contributed by atoms with van der Waals surface area (Å²) in [6, 6.07) is 15.4. The van der Waals surface area contributed by atoms with Gasteiger partial charge < -0.3 is 4.42 Å². The number of halogens is 1. The highest BCUT2D eigenvalue weighted by atomic mass is 79.9. The summed E-state index contributed by atoms with van der Waals surface area (Å²) in [5.74, 6) is 0.654. The molecule has 7 heteroatoms. The zero-order chi connectivity index (χ0) is 16.9. The van der Waals surface area contributed by atoms with E-state index < -0.39 is 0 Å². The molecule has 1 aromatic heterocycles. The summed E-state index contributed by atoms with van der Waals surface area (Å²) in [7, 11) is 0. The van der Waals surface area contributed by atoms with Gasteiger partial charge in [0.1, 0.15) is 5.52 Å². The van der Waals surface area contributed by atoms with Crippen LogP contribution in [0.4, 0.5) is 11.7 Å². The van der Waals surface area contributed by atoms with Crippen molar-refractivity contribution in [2.45, 2.75) is 13.8 Å². The molecule has 2 aromatic carbocycles. The van der Waals surface area contributed by atoms with E-state index in [0.717, 1.165) is 15.7 Å². The molecule has 0 saturated heterocycles. The van der Waals surface area contributed by atoms with Crippen LogP contribution in [-0.2, 0) is 0 Å². The Labute approximate surface area is 147 Å². The third kappa shape index (κ3) is 4.05. The molecule has 0 atom stereocenters. The van der Waals surface area contributed by atoms with Crippen LogP contribution in [0.2, 0.25) is 0 Å². The van der Waals surface area contributed by atoms with Gasteiger partial charge in [0.25, 0.3) is 0 Å². The maximum absolute atomic E-state index is 5.52. The first-order valence-electron chi connectivity index (χ1n) is 7.48. The molecule has 0 saturated carbocycles. The van der Waals surface area contributed by atoms with Crippen LogP contribution in [0.5, 0.6) is 0 Å². The zero-order valence-electron chi connectivity index (χ0n) is 13.3. The van der Waals surface area contributed by atoms with Crippen LogP contribution < -0.4 is 5.43 Å². The lowest BCUT2D eigenvalue weighted by Gasteiger charge is -2.05. The van der Waals surface area contributed by atoms with E-state index in [1.54, 1.807) is 0 Å². The summed E-state index contributed by atoms with van der Waals surface area (Å²) in [6.07, 6.45) is 0. The average molecular weight is 386 g/mol. The van der Waals surface area contributed by atoms with Gasteiger partial charge >= 0.3 is 6.01 Å². The van der Waals surface area contributed by atoms with E-state index in [-0.39, 0.29) is 11.9 Å². The summed E-state index contributed by atoms with van der Waals surface area (Å²) in [4.78, 5) is 4.26. The molecule has 0 amide bonds. The summed E-state index contributed by atoms with van der Waals surface area (Å²) < 4.78 is 6.53. The smallest absolute Gasteiger partial charge is 0.342 e. The van der Waals surface area contributed by atoms with E-state index in [1.165, 1.54) is 0 Å². The lowest BCUT2D eigenvalue weighted by Crippen LogP contribution is -2.06. The number of rotatable bonds is 4. The van der Waals surface area contributed by atoms with E-state index in [9.17, 15) is 0 Å². The number of azo groups is 1. The number of benzene rings is 2. The minimum absolute atomic E-state index is 0.0982. The zero-order valence-corrected chi connectivity index (χ0v) is 14.9. The summed E-state index contributed by atoms with van der Waals surface area (Å²) in [6.45, 7) is 3.99. The van der Waals surface area contributed by atoms with Crippen molar-refractivity contribution in [1.29, 1.82) is 0 Å². The molecule has 6 nitrogen and oxygen atoms in total. The average Bonchev–Trinajstić information content (AvgIpc) is 2.99. The van der Waals surface area contributed by atoms with Crippen LogP contribution >= 0.6 is 15.9 Å². The molecule has 1 N–H and O–H groups in total. The highest BCUT2D eigenvalue weighted by molar-refractivity contribution is 9.10. The SMILES string of the molecule is CC(C)/C(N=Nc1nc2ccccc2o1)=N\Nc1ccc(Br)cc1. The first-order valence-corrected chi connectivity index (χ1v) is 8.27. The van der Waals surface area contributed by atoms with Gasteiger partial charge in [0.05, 0.1) is 5.69 Å². The van der Waals surface area contributed by atoms with Crippen molar-refractivity contribution in [3.63, 3.8) is 0 Å². The van der Waals surface area contributed by atoms with Crippen LogP contribution in [0.1, 0.15) is 13.8 Å². The number of hydrogen-bond donors (Lipinski definition) is 1. The molecular formula is C17H16BrN5O. The summed E-state index contributed by atoms with van der Waals surface area (Å²) >= 11 is 3.40. The van der Waals surface area contributed by atoms with Crippen molar-refractivity contribution in [2.75, 3.05) is 5.43 Å². The van der Waals surface area contributed by atoms with Gasteiger partial charge in [-0.25, -0.2) is 0 Å². The molecule has 24 heavy (non-hydrogen) atoms. The number of amidine groups is 1. The first kappa shape index (κ1) is 16.3. The van der Waals surface area contributed by atoms with E-state index in [1.807, 2.05) is 62.4 Å². The number of fused-ring (bicyclic) bond motifs is 1. The molecule has 3 rings (SSSR count). The van der Waals surface area contributed by atoms with Crippen LogP contribution in [0.15, 0.2) is 72.8 Å². The molecule has 0 bridgehead atoms. The maximum atomic E-state index is 5.52. The van der Waals surface area contributed by atoms with Crippen molar-refractivity contribution in [2.24, 2.45) is 21.2 Å². The van der Waals surface area contributed by atoms with Gasteiger partial charge in [0, 0.05) is 10.4 Å². The number of nitrogens with zero attached hydrogens (tertiary/aromatic N) is 4. The Kier molecular flexibility index (Phi) is 5.00. The Morgan fingerprint density at radius 1 is 1.12 bits per heavy atom. The van der Waals surface area contributed by atoms with Crippen molar-refractivity contribution in [1.82, 2.24) is 4.98 Å². The number of nitrogens with one attached hydrogen (secondary N) is 1. The molecule has 0 aliphatic heterocycles. The second kappa shape index (κ2) is 7.35. The van der Waals surface area contributed by atoms with E-state index in [4.69, 9.17) is 4.42 Å². The van der Waals surface area contributed by atoms with Gasteiger partial charge in [-0.3, -0.25) is 5.43 Å². The predicted molar refractivity (Wildman–Crippen MR) is 98.6 cm³/mol. The summed E-state index contributed by atoms with van der Waals surface area (Å²) in [5.41, 5.74) is 5.28. The molecule has 0 spiro atoms. The third-order valence-corrected chi connectivity index (χ3v) is 3.71. The molecule has 3 aromatic rings. The van der Waals surface area contributed by atoms with Crippen molar-refractivity contribution < 1.29 is 4.42 Å². The first-order chi connectivity index (χ1) is 11.6. The Morgan fingerprint density at radius 3 is 2.58 bits per heavy atom. The van der Waals surface area contributed by atoms with Crippen LogP contribution in [0.3, 0.4) is 0 Å². The normalized spacial score (nSPS) is 12.4. The quantitative estimate of drug-likeness (QED) is 0.268. The van der Waals surface area contributed by atoms with Gasteiger partial charge in [0.15, 0.2) is 11.4 Å². The molecular weight excluding hydrogens is 370 g/mol. The number of oxazole rings is 1. The number of para-hydroxylation sites is 2. The van der Waals surface area contributed by atoms with Crippen LogP contribution in [0, 0.1) is 5.92 Å². The van der Waals surface area contributed by atoms with Gasteiger partial charge in [0.2, 0.25) is 0 Å². The highest BCUT2D eigenvalue weighted by Gasteiger charge is 2.07. The Hall–Kier alpha value is -2.54. The fourth-order valence-corrected chi connectivity index (χ4v) is 2.17. The lowest BCUT2D eigenvalue weighted by atomic mass is 10.2. The van der Waals surface area contributed by atoms with E-state index in [2.05, 4.69) is 41.7 Å². The second-order valence-corrected chi connectivity index (χ2v) is 6.32. The minimum Gasteiger partial charge on any atom is -0.421 e. The number of anilines is 1. The van der Waals surface area contributed by atoms with Gasteiger partial charge in [-0.2, -0.15) is 10.1 Å². The van der Waals surface area contributed by atoms with Gasteiger partial charge in [-0.05, 0) is 36.4 Å². The minimum atomic E-state index is 0.0982. The monoisotopic (exact) mass is 385 g/mol. The third-order valence-electron chi connectivity index (χ3n) is 3.18. The van der Waals surface area contributed by atoms with E-state index >= 15 is 0 Å². The largest absolute Gasteiger partial charge is 0.421 e. The fraction of sp³-hybridized carbons (Fsp3) is 0.176. The van der Waals surface area contributed by atoms with Crippen LogP contribution in [0.25, 0.3) is 11.1 Å². The number of hydrogen-bond acceptors (Lipinski definition) is 5. The molecule has 0 aliphatic rings. The predicted octanol–water partition coefficient (Wildman–Crippen LogP) is 5.76. The van der Waals surface area contributed by atoms with Gasteiger partial charge in [-0.1, -0.05) is 47.0 Å².